The molecule has 3 unspecified atom stereocenters. The lowest BCUT2D eigenvalue weighted by Crippen LogP contribution is -2.36. The molecule has 0 radical (unpaired) electrons. The van der Waals surface area contributed by atoms with Crippen molar-refractivity contribution in [3.05, 3.63) is 65.7 Å². The van der Waals surface area contributed by atoms with Crippen molar-refractivity contribution in [3.63, 3.8) is 0 Å². The molecule has 25 heavy (non-hydrogen) atoms. The van der Waals surface area contributed by atoms with Gasteiger partial charge in [0, 0.05) is 6.04 Å². The van der Waals surface area contributed by atoms with Gasteiger partial charge in [-0.1, -0.05) is 49.4 Å². The van der Waals surface area contributed by atoms with Crippen LogP contribution < -0.4 is 15.8 Å². The van der Waals surface area contributed by atoms with Gasteiger partial charge in [-0.15, -0.1) is 0 Å². The van der Waals surface area contributed by atoms with E-state index in [2.05, 4.69) is 5.32 Å². The molecule has 0 bridgehead atoms. The standard InChI is InChI=1S/C21H28N2O2/c1-14(2)25-19-12-8-11-18(13-19)16(4)23-21(24)15(3)20(22)17-9-6-5-7-10-17/h5-16,20H,22H2,1-4H3,(H,23,24). The Morgan fingerprint density at radius 3 is 2.24 bits per heavy atom. The van der Waals surface area contributed by atoms with Crippen LogP contribution >= 0.6 is 0 Å². The first-order chi connectivity index (χ1) is 11.9. The van der Waals surface area contributed by atoms with Crippen LogP contribution in [0.5, 0.6) is 5.75 Å². The van der Waals surface area contributed by atoms with Gasteiger partial charge in [0.25, 0.3) is 0 Å². The fourth-order valence-corrected chi connectivity index (χ4v) is 2.68. The van der Waals surface area contributed by atoms with Crippen LogP contribution in [0.1, 0.15) is 50.9 Å². The summed E-state index contributed by atoms with van der Waals surface area (Å²) < 4.78 is 5.72. The van der Waals surface area contributed by atoms with Gasteiger partial charge in [0.05, 0.1) is 18.1 Å². The van der Waals surface area contributed by atoms with E-state index in [0.29, 0.717) is 0 Å². The second-order valence-electron chi connectivity index (χ2n) is 6.69. The van der Waals surface area contributed by atoms with Crippen molar-refractivity contribution in [1.82, 2.24) is 5.32 Å². The highest BCUT2D eigenvalue weighted by atomic mass is 16.5. The Morgan fingerprint density at radius 2 is 1.60 bits per heavy atom. The number of ether oxygens (including phenoxy) is 1. The molecule has 1 amide bonds. The van der Waals surface area contributed by atoms with Crippen molar-refractivity contribution >= 4 is 5.91 Å². The van der Waals surface area contributed by atoms with Gasteiger partial charge in [-0.3, -0.25) is 4.79 Å². The minimum Gasteiger partial charge on any atom is -0.491 e. The van der Waals surface area contributed by atoms with Gasteiger partial charge in [0.15, 0.2) is 0 Å². The third-order valence-corrected chi connectivity index (χ3v) is 4.23. The number of nitrogens with one attached hydrogen (secondary N) is 1. The quantitative estimate of drug-likeness (QED) is 0.801. The summed E-state index contributed by atoms with van der Waals surface area (Å²) in [7, 11) is 0. The third-order valence-electron chi connectivity index (χ3n) is 4.23. The summed E-state index contributed by atoms with van der Waals surface area (Å²) in [4.78, 5) is 12.6. The Kier molecular flexibility index (Phi) is 6.59. The fraction of sp³-hybridized carbons (Fsp3) is 0.381. The molecule has 0 aromatic heterocycles. The van der Waals surface area contributed by atoms with Gasteiger partial charge >= 0.3 is 0 Å². The third kappa shape index (κ3) is 5.33. The van der Waals surface area contributed by atoms with Crippen LogP contribution in [0.2, 0.25) is 0 Å². The number of carbonyl (C=O) groups is 1. The van der Waals surface area contributed by atoms with E-state index in [0.717, 1.165) is 16.9 Å². The van der Waals surface area contributed by atoms with E-state index in [1.54, 1.807) is 0 Å². The number of hydrogen-bond donors (Lipinski definition) is 2. The molecule has 0 spiro atoms. The maximum Gasteiger partial charge on any atom is 0.225 e. The minimum absolute atomic E-state index is 0.0564. The number of nitrogens with two attached hydrogens (primary N) is 1. The molecule has 0 fully saturated rings. The molecular formula is C21H28N2O2. The predicted molar refractivity (Wildman–Crippen MR) is 101 cm³/mol. The lowest BCUT2D eigenvalue weighted by Gasteiger charge is -2.23. The van der Waals surface area contributed by atoms with Crippen molar-refractivity contribution in [2.24, 2.45) is 11.7 Å². The highest BCUT2D eigenvalue weighted by Gasteiger charge is 2.23. The first kappa shape index (κ1) is 19.0. The summed E-state index contributed by atoms with van der Waals surface area (Å²) in [5.41, 5.74) is 8.22. The van der Waals surface area contributed by atoms with E-state index in [9.17, 15) is 4.79 Å². The monoisotopic (exact) mass is 340 g/mol. The normalized spacial score (nSPS) is 14.6. The summed E-state index contributed by atoms with van der Waals surface area (Å²) in [5.74, 6) is 0.432. The second kappa shape index (κ2) is 8.67. The number of rotatable bonds is 7. The second-order valence-corrected chi connectivity index (χ2v) is 6.69. The molecule has 0 saturated heterocycles. The van der Waals surface area contributed by atoms with E-state index >= 15 is 0 Å². The van der Waals surface area contributed by atoms with Gasteiger partial charge in [-0.05, 0) is 44.0 Å². The average Bonchev–Trinajstić information content (AvgIpc) is 2.60. The van der Waals surface area contributed by atoms with Crippen LogP contribution in [0, 0.1) is 5.92 Å². The first-order valence-corrected chi connectivity index (χ1v) is 8.76. The topological polar surface area (TPSA) is 64.3 Å². The zero-order chi connectivity index (χ0) is 18.4. The first-order valence-electron chi connectivity index (χ1n) is 8.76. The number of carbonyl (C=O) groups excluding carboxylic acids is 1. The van der Waals surface area contributed by atoms with Gasteiger partial charge in [-0.25, -0.2) is 0 Å². The Balaban J connectivity index is 2.02. The molecule has 134 valence electrons. The van der Waals surface area contributed by atoms with E-state index in [1.165, 1.54) is 0 Å². The summed E-state index contributed by atoms with van der Waals surface area (Å²) in [6, 6.07) is 17.1. The van der Waals surface area contributed by atoms with Gasteiger partial charge < -0.3 is 15.8 Å². The van der Waals surface area contributed by atoms with E-state index < -0.39 is 0 Å². The van der Waals surface area contributed by atoms with E-state index in [1.807, 2.05) is 82.3 Å². The average molecular weight is 340 g/mol. The van der Waals surface area contributed by atoms with Gasteiger partial charge in [0.1, 0.15) is 5.75 Å². The lowest BCUT2D eigenvalue weighted by molar-refractivity contribution is -0.125. The van der Waals surface area contributed by atoms with E-state index in [4.69, 9.17) is 10.5 Å². The maximum absolute atomic E-state index is 12.6. The molecule has 3 atom stereocenters. The maximum atomic E-state index is 12.6. The SMILES string of the molecule is CC(C)Oc1cccc(C(C)NC(=O)C(C)C(N)c2ccccc2)c1. The number of benzene rings is 2. The highest BCUT2D eigenvalue weighted by molar-refractivity contribution is 5.79. The summed E-state index contributed by atoms with van der Waals surface area (Å²) in [6.45, 7) is 7.81. The fourth-order valence-electron chi connectivity index (χ4n) is 2.68. The van der Waals surface area contributed by atoms with Crippen LogP contribution in [0.15, 0.2) is 54.6 Å². The van der Waals surface area contributed by atoms with Gasteiger partial charge in [-0.2, -0.15) is 0 Å². The zero-order valence-corrected chi connectivity index (χ0v) is 15.4. The molecule has 0 aliphatic rings. The Morgan fingerprint density at radius 1 is 0.960 bits per heavy atom. The molecule has 0 heterocycles. The molecule has 0 aliphatic heterocycles. The molecule has 4 nitrogen and oxygen atoms in total. The molecule has 2 aromatic rings. The van der Waals surface area contributed by atoms with Crippen LogP contribution in [-0.2, 0) is 4.79 Å². The Labute approximate surface area is 150 Å². The molecule has 2 rings (SSSR count). The van der Waals surface area contributed by atoms with Crippen molar-refractivity contribution in [3.8, 4) is 5.75 Å². The largest absolute Gasteiger partial charge is 0.491 e. The molecule has 2 aromatic carbocycles. The molecular weight excluding hydrogens is 312 g/mol. The van der Waals surface area contributed by atoms with Crippen LogP contribution in [0.4, 0.5) is 0 Å². The number of hydrogen-bond acceptors (Lipinski definition) is 3. The highest BCUT2D eigenvalue weighted by Crippen LogP contribution is 2.23. The van der Waals surface area contributed by atoms with Crippen LogP contribution in [-0.4, -0.2) is 12.0 Å². The van der Waals surface area contributed by atoms with Crippen LogP contribution in [0.3, 0.4) is 0 Å². The van der Waals surface area contributed by atoms with Gasteiger partial charge in [0.2, 0.25) is 5.91 Å². The zero-order valence-electron chi connectivity index (χ0n) is 15.4. The minimum atomic E-state index is -0.330. The molecule has 0 saturated carbocycles. The Bertz CT molecular complexity index is 685. The predicted octanol–water partition coefficient (Wildman–Crippen LogP) is 3.99. The Hall–Kier alpha value is -2.33. The van der Waals surface area contributed by atoms with Crippen molar-refractivity contribution in [2.75, 3.05) is 0 Å². The van der Waals surface area contributed by atoms with Crippen molar-refractivity contribution in [1.29, 1.82) is 0 Å². The van der Waals surface area contributed by atoms with Crippen molar-refractivity contribution < 1.29 is 9.53 Å². The smallest absolute Gasteiger partial charge is 0.225 e. The summed E-state index contributed by atoms with van der Waals surface area (Å²) >= 11 is 0. The number of amides is 1. The van der Waals surface area contributed by atoms with Crippen molar-refractivity contribution in [2.45, 2.75) is 45.9 Å². The summed E-state index contributed by atoms with van der Waals surface area (Å²) in [5, 5.41) is 3.05. The van der Waals surface area contributed by atoms with Crippen LogP contribution in [0.25, 0.3) is 0 Å². The molecule has 4 heteroatoms. The van der Waals surface area contributed by atoms with E-state index in [-0.39, 0.29) is 30.0 Å². The molecule has 0 aliphatic carbocycles. The lowest BCUT2D eigenvalue weighted by atomic mass is 9.94. The summed E-state index contributed by atoms with van der Waals surface area (Å²) in [6.07, 6.45) is 0.115. The molecule has 3 N–H and O–H groups in total.